The van der Waals surface area contributed by atoms with Crippen molar-refractivity contribution in [2.75, 3.05) is 11.5 Å². The van der Waals surface area contributed by atoms with Gasteiger partial charge in [0.2, 0.25) is 5.65 Å². The van der Waals surface area contributed by atoms with E-state index in [0.717, 1.165) is 10.9 Å². The first-order chi connectivity index (χ1) is 30.2. The fourth-order valence-electron chi connectivity index (χ4n) is 6.70. The van der Waals surface area contributed by atoms with Crippen LogP contribution in [0.3, 0.4) is 0 Å². The van der Waals surface area contributed by atoms with Gasteiger partial charge in [0.1, 0.15) is 19.0 Å². The third kappa shape index (κ3) is 8.36. The zero-order valence-corrected chi connectivity index (χ0v) is 32.2. The van der Waals surface area contributed by atoms with Gasteiger partial charge < -0.3 is 29.1 Å². The van der Waals surface area contributed by atoms with E-state index in [1.54, 1.807) is 91.0 Å². The summed E-state index contributed by atoms with van der Waals surface area (Å²) in [7, 11) is 0. The molecule has 0 N–H and O–H groups in total. The first-order valence-corrected chi connectivity index (χ1v) is 19.0. The van der Waals surface area contributed by atoms with Gasteiger partial charge in [0.25, 0.3) is 17.6 Å². The number of imide groups is 1. The van der Waals surface area contributed by atoms with Crippen LogP contribution in [0.2, 0.25) is 0 Å². The number of aromatic nitrogens is 4. The SMILES string of the molecule is O=C(OC[C@H]1O[C@@H](n2cnc3c(N(C(=O)c4ccccc4)C(=O)c4ccccc4)nc([N+](=O)[O-])nc32)[C@@H](OC(=O)c2ccccc2)C1OC(=O)c1ccccc1)c1ccccc1. The van der Waals surface area contributed by atoms with Crippen LogP contribution in [0.1, 0.15) is 58.0 Å². The highest BCUT2D eigenvalue weighted by atomic mass is 16.7. The number of nitrogens with zero attached hydrogens (tertiary/aromatic N) is 6. The minimum atomic E-state index is -1.57. The number of hydrogen-bond acceptors (Lipinski definition) is 14. The number of ether oxygens (including phenoxy) is 4. The van der Waals surface area contributed by atoms with Gasteiger partial charge in [-0.05, 0) is 75.6 Å². The standard InChI is InChI=1S/C45H32N6O11/c52-39(28-16-6-1-7-17-28)50(40(53)29-18-8-2-9-19-29)38-34-37(47-45(48-38)51(57)58)49(27-46-34)41-36(62-44(56)32-24-14-5-15-25-32)35(61-43(55)31-22-12-4-13-23-31)33(60-41)26-59-42(54)30-20-10-3-11-21-30/h1-25,27,33,35-36,41H,26H2/t33-,35?,36+,41-/m1/s1. The second-order valence-corrected chi connectivity index (χ2v) is 13.6. The number of carbonyl (C=O) groups is 5. The van der Waals surface area contributed by atoms with Gasteiger partial charge in [-0.15, -0.1) is 0 Å². The maximum absolute atomic E-state index is 14.3. The molecule has 1 aliphatic heterocycles. The predicted molar refractivity (Wildman–Crippen MR) is 218 cm³/mol. The second-order valence-electron chi connectivity index (χ2n) is 13.6. The lowest BCUT2D eigenvalue weighted by Crippen LogP contribution is -2.41. The molecule has 17 heteroatoms. The van der Waals surface area contributed by atoms with Crippen molar-refractivity contribution in [1.82, 2.24) is 19.5 Å². The zero-order valence-electron chi connectivity index (χ0n) is 32.2. The van der Waals surface area contributed by atoms with Gasteiger partial charge >= 0.3 is 23.9 Å². The van der Waals surface area contributed by atoms with E-state index in [-0.39, 0.29) is 39.0 Å². The smallest absolute Gasteiger partial charge is 0.459 e. The van der Waals surface area contributed by atoms with Crippen molar-refractivity contribution in [2.45, 2.75) is 24.5 Å². The van der Waals surface area contributed by atoms with Crippen LogP contribution in [0.4, 0.5) is 11.8 Å². The van der Waals surface area contributed by atoms with Gasteiger partial charge in [-0.1, -0.05) is 91.0 Å². The Morgan fingerprint density at radius 3 is 1.52 bits per heavy atom. The highest BCUT2D eigenvalue weighted by molar-refractivity contribution is 6.27. The summed E-state index contributed by atoms with van der Waals surface area (Å²) in [5.74, 6) is -5.80. The Hall–Kier alpha value is -8.44. The number of hydrogen-bond donors (Lipinski definition) is 0. The molecule has 1 saturated heterocycles. The summed E-state index contributed by atoms with van der Waals surface area (Å²) < 4.78 is 25.3. The number of nitro groups is 1. The van der Waals surface area contributed by atoms with Crippen molar-refractivity contribution in [3.8, 4) is 0 Å². The Bertz CT molecular complexity index is 2720. The first kappa shape index (κ1) is 40.3. The van der Waals surface area contributed by atoms with E-state index < -0.39 is 77.6 Å². The van der Waals surface area contributed by atoms with Gasteiger partial charge in [-0.25, -0.2) is 24.3 Å². The molecule has 0 aliphatic carbocycles. The average molecular weight is 833 g/mol. The molecule has 8 rings (SSSR count). The number of carbonyl (C=O) groups excluding carboxylic acids is 5. The van der Waals surface area contributed by atoms with E-state index in [0.29, 0.717) is 4.90 Å². The lowest BCUT2D eigenvalue weighted by molar-refractivity contribution is -0.394. The van der Waals surface area contributed by atoms with Crippen LogP contribution in [0, 0.1) is 10.1 Å². The van der Waals surface area contributed by atoms with Crippen molar-refractivity contribution >= 4 is 52.7 Å². The maximum Gasteiger partial charge on any atom is 0.473 e. The van der Waals surface area contributed by atoms with Crippen molar-refractivity contribution in [3.05, 3.63) is 196 Å². The quantitative estimate of drug-likeness (QED) is 0.0427. The number of anilines is 1. The van der Waals surface area contributed by atoms with E-state index in [1.807, 2.05) is 0 Å². The van der Waals surface area contributed by atoms with Crippen molar-refractivity contribution in [1.29, 1.82) is 0 Å². The number of fused-ring (bicyclic) bond motifs is 1. The Morgan fingerprint density at radius 2 is 1.05 bits per heavy atom. The molecule has 0 bridgehead atoms. The van der Waals surface area contributed by atoms with Crippen molar-refractivity contribution in [2.24, 2.45) is 0 Å². The summed E-state index contributed by atoms with van der Waals surface area (Å²) >= 11 is 0. The zero-order chi connectivity index (χ0) is 43.2. The predicted octanol–water partition coefficient (Wildman–Crippen LogP) is 6.43. The molecule has 2 aromatic heterocycles. The Morgan fingerprint density at radius 1 is 0.613 bits per heavy atom. The Balaban J connectivity index is 1.27. The van der Waals surface area contributed by atoms with Crippen molar-refractivity contribution in [3.63, 3.8) is 0 Å². The molecule has 17 nitrogen and oxygen atoms in total. The molecule has 1 unspecified atom stereocenters. The molecule has 1 fully saturated rings. The van der Waals surface area contributed by atoms with Gasteiger partial charge in [0.05, 0.1) is 16.7 Å². The normalized spacial score (nSPS) is 16.8. The molecular weight excluding hydrogens is 801 g/mol. The van der Waals surface area contributed by atoms with E-state index in [1.165, 1.54) is 60.7 Å². The fourth-order valence-corrected chi connectivity index (χ4v) is 6.70. The molecule has 4 atom stereocenters. The third-order valence-corrected chi connectivity index (χ3v) is 9.67. The fraction of sp³-hybridized carbons (Fsp3) is 0.111. The monoisotopic (exact) mass is 832 g/mol. The molecule has 62 heavy (non-hydrogen) atoms. The molecule has 2 amide bonds. The summed E-state index contributed by atoms with van der Waals surface area (Å²) in [6.45, 7) is -0.533. The topological polar surface area (TPSA) is 212 Å². The van der Waals surface area contributed by atoms with Gasteiger partial charge in [-0.2, -0.15) is 0 Å². The number of imidazole rings is 1. The molecule has 5 aromatic carbocycles. The van der Waals surface area contributed by atoms with Gasteiger partial charge in [-0.3, -0.25) is 14.2 Å². The van der Waals surface area contributed by atoms with Crippen LogP contribution < -0.4 is 4.90 Å². The molecule has 7 aromatic rings. The van der Waals surface area contributed by atoms with E-state index in [2.05, 4.69) is 15.0 Å². The number of esters is 3. The van der Waals surface area contributed by atoms with Crippen LogP contribution >= 0.6 is 0 Å². The van der Waals surface area contributed by atoms with Crippen LogP contribution in [0.25, 0.3) is 11.2 Å². The highest BCUT2D eigenvalue weighted by Gasteiger charge is 2.52. The summed E-state index contributed by atoms with van der Waals surface area (Å²) in [5.41, 5.74) is -0.0436. The van der Waals surface area contributed by atoms with Crippen molar-refractivity contribution < 1.29 is 47.8 Å². The van der Waals surface area contributed by atoms with Gasteiger partial charge in [0.15, 0.2) is 24.0 Å². The average Bonchev–Trinajstić information content (AvgIpc) is 3.90. The minimum absolute atomic E-state index is 0.0496. The number of rotatable bonds is 12. The van der Waals surface area contributed by atoms with Crippen LogP contribution in [0.5, 0.6) is 0 Å². The summed E-state index contributed by atoms with van der Waals surface area (Å²) in [6, 6.07) is 39.4. The molecular formula is C45H32N6O11. The minimum Gasteiger partial charge on any atom is -0.459 e. The molecule has 0 spiro atoms. The molecule has 0 saturated carbocycles. The highest BCUT2D eigenvalue weighted by Crippen LogP contribution is 2.38. The number of benzene rings is 5. The van der Waals surface area contributed by atoms with Crippen LogP contribution in [0.15, 0.2) is 158 Å². The first-order valence-electron chi connectivity index (χ1n) is 19.0. The summed E-state index contributed by atoms with van der Waals surface area (Å²) in [6.07, 6.45) is -4.81. The maximum atomic E-state index is 14.3. The molecule has 0 radical (unpaired) electrons. The molecule has 308 valence electrons. The Labute approximate surface area is 351 Å². The van der Waals surface area contributed by atoms with E-state index in [4.69, 9.17) is 18.9 Å². The lowest BCUT2D eigenvalue weighted by atomic mass is 10.1. The number of amides is 2. The molecule has 3 heterocycles. The third-order valence-electron chi connectivity index (χ3n) is 9.67. The lowest BCUT2D eigenvalue weighted by Gasteiger charge is -2.24. The van der Waals surface area contributed by atoms with E-state index in [9.17, 15) is 34.1 Å². The van der Waals surface area contributed by atoms with Crippen LogP contribution in [-0.2, 0) is 18.9 Å². The van der Waals surface area contributed by atoms with E-state index >= 15 is 0 Å². The summed E-state index contributed by atoms with van der Waals surface area (Å²) in [5, 5.41) is 12.5. The van der Waals surface area contributed by atoms with Gasteiger partial charge in [0, 0.05) is 11.1 Å². The largest absolute Gasteiger partial charge is 0.473 e. The summed E-state index contributed by atoms with van der Waals surface area (Å²) in [4.78, 5) is 94.1. The van der Waals surface area contributed by atoms with Crippen LogP contribution in [-0.4, -0.2) is 79.1 Å². The second kappa shape index (κ2) is 17.8. The Kier molecular flexibility index (Phi) is 11.6. The molecule has 1 aliphatic rings.